The van der Waals surface area contributed by atoms with E-state index in [4.69, 9.17) is 5.11 Å². The number of carboxylic acid groups (broad SMARTS) is 1. The van der Waals surface area contributed by atoms with E-state index < -0.39 is 17.6 Å². The van der Waals surface area contributed by atoms with Crippen LogP contribution in [0.5, 0.6) is 0 Å². The average Bonchev–Trinajstić information content (AvgIpc) is 2.63. The van der Waals surface area contributed by atoms with E-state index in [-0.39, 0.29) is 19.5 Å². The van der Waals surface area contributed by atoms with Crippen LogP contribution in [0.1, 0.15) is 6.42 Å². The van der Waals surface area contributed by atoms with Gasteiger partial charge in [-0.15, -0.1) is 0 Å². The molecule has 0 aromatic heterocycles. The van der Waals surface area contributed by atoms with Crippen LogP contribution < -0.4 is 5.32 Å². The highest BCUT2D eigenvalue weighted by Gasteiger charge is 2.47. The molecule has 7 nitrogen and oxygen atoms in total. The van der Waals surface area contributed by atoms with Crippen LogP contribution in [-0.4, -0.2) is 54.2 Å². The van der Waals surface area contributed by atoms with E-state index in [9.17, 15) is 14.4 Å². The van der Waals surface area contributed by atoms with Crippen LogP contribution in [0.3, 0.4) is 0 Å². The Morgan fingerprint density at radius 2 is 2.27 bits per heavy atom. The molecule has 1 heterocycles. The molecule has 1 unspecified atom stereocenters. The van der Waals surface area contributed by atoms with Crippen LogP contribution in [0, 0.1) is 0 Å². The standard InChI is InChI=1S/C8H12N2O5/c1-15-6(12)8(9-5-11)2-3-10(4-8)7(13)14/h5H,2-4H2,1H3,(H,9,11)(H,13,14). The first-order valence-corrected chi connectivity index (χ1v) is 4.33. The zero-order valence-electron chi connectivity index (χ0n) is 8.23. The number of nitrogens with one attached hydrogen (secondary N) is 1. The van der Waals surface area contributed by atoms with E-state index >= 15 is 0 Å². The normalized spacial score (nSPS) is 24.7. The van der Waals surface area contributed by atoms with Crippen molar-refractivity contribution in [2.24, 2.45) is 0 Å². The summed E-state index contributed by atoms with van der Waals surface area (Å²) in [5, 5.41) is 11.1. The molecule has 7 heteroatoms. The molecule has 1 rings (SSSR count). The second kappa shape index (κ2) is 4.16. The first-order chi connectivity index (χ1) is 7.05. The lowest BCUT2D eigenvalue weighted by Crippen LogP contribution is -2.54. The van der Waals surface area contributed by atoms with Gasteiger partial charge in [0, 0.05) is 13.0 Å². The highest BCUT2D eigenvalue weighted by atomic mass is 16.5. The number of methoxy groups -OCH3 is 1. The van der Waals surface area contributed by atoms with Gasteiger partial charge >= 0.3 is 12.1 Å². The first-order valence-electron chi connectivity index (χ1n) is 4.33. The maximum atomic E-state index is 11.4. The molecule has 1 saturated heterocycles. The molecule has 1 fully saturated rings. The van der Waals surface area contributed by atoms with Crippen LogP contribution >= 0.6 is 0 Å². The Morgan fingerprint density at radius 3 is 2.67 bits per heavy atom. The summed E-state index contributed by atoms with van der Waals surface area (Å²) >= 11 is 0. The number of hydrogen-bond acceptors (Lipinski definition) is 4. The van der Waals surface area contributed by atoms with Gasteiger partial charge < -0.3 is 20.1 Å². The zero-order valence-corrected chi connectivity index (χ0v) is 8.23. The lowest BCUT2D eigenvalue weighted by atomic mass is 9.99. The molecule has 1 aliphatic heterocycles. The lowest BCUT2D eigenvalue weighted by molar-refractivity contribution is -0.149. The fraction of sp³-hybridized carbons (Fsp3) is 0.625. The van der Waals surface area contributed by atoms with E-state index in [1.807, 2.05) is 0 Å². The van der Waals surface area contributed by atoms with Crippen LogP contribution in [0.25, 0.3) is 0 Å². The van der Waals surface area contributed by atoms with Gasteiger partial charge in [-0.05, 0) is 0 Å². The quantitative estimate of drug-likeness (QED) is 0.467. The number of ether oxygens (including phenoxy) is 1. The van der Waals surface area contributed by atoms with E-state index in [2.05, 4.69) is 10.1 Å². The molecule has 0 saturated carbocycles. The van der Waals surface area contributed by atoms with Crippen molar-refractivity contribution >= 4 is 18.5 Å². The number of esters is 1. The molecule has 0 spiro atoms. The highest BCUT2D eigenvalue weighted by Crippen LogP contribution is 2.22. The summed E-state index contributed by atoms with van der Waals surface area (Å²) in [6, 6.07) is 0. The van der Waals surface area contributed by atoms with Crippen molar-refractivity contribution in [1.82, 2.24) is 10.2 Å². The second-order valence-electron chi connectivity index (χ2n) is 3.29. The van der Waals surface area contributed by atoms with Crippen LogP contribution in [0.2, 0.25) is 0 Å². The van der Waals surface area contributed by atoms with E-state index in [1.54, 1.807) is 0 Å². The number of amides is 2. The third kappa shape index (κ3) is 2.00. The highest BCUT2D eigenvalue weighted by molar-refractivity contribution is 5.85. The predicted molar refractivity (Wildman–Crippen MR) is 48.2 cm³/mol. The SMILES string of the molecule is COC(=O)C1(NC=O)CCN(C(=O)O)C1. The molecule has 84 valence electrons. The number of hydrogen-bond donors (Lipinski definition) is 2. The largest absolute Gasteiger partial charge is 0.467 e. The van der Waals surface area contributed by atoms with Gasteiger partial charge in [0.15, 0.2) is 5.54 Å². The van der Waals surface area contributed by atoms with Crippen LogP contribution in [0.4, 0.5) is 4.79 Å². The number of likely N-dealkylation sites (tertiary alicyclic amines) is 1. The second-order valence-corrected chi connectivity index (χ2v) is 3.29. The number of carbonyl (C=O) groups excluding carboxylic acids is 2. The molecule has 2 N–H and O–H groups in total. The molecule has 0 bridgehead atoms. The van der Waals surface area contributed by atoms with Crippen molar-refractivity contribution in [2.75, 3.05) is 20.2 Å². The summed E-state index contributed by atoms with van der Waals surface area (Å²) in [6.07, 6.45) is -0.513. The fourth-order valence-electron chi connectivity index (χ4n) is 1.62. The Kier molecular flexibility index (Phi) is 3.13. The van der Waals surface area contributed by atoms with Crippen molar-refractivity contribution < 1.29 is 24.2 Å². The summed E-state index contributed by atoms with van der Waals surface area (Å²) < 4.78 is 4.54. The Hall–Kier alpha value is -1.79. The van der Waals surface area contributed by atoms with Gasteiger partial charge in [0.05, 0.1) is 13.7 Å². The van der Waals surface area contributed by atoms with Gasteiger partial charge in [0.1, 0.15) is 0 Å². The minimum Gasteiger partial charge on any atom is -0.467 e. The van der Waals surface area contributed by atoms with Gasteiger partial charge in [0.2, 0.25) is 6.41 Å². The first kappa shape index (κ1) is 11.3. The van der Waals surface area contributed by atoms with E-state index in [0.29, 0.717) is 6.41 Å². The summed E-state index contributed by atoms with van der Waals surface area (Å²) in [5.41, 5.74) is -1.23. The summed E-state index contributed by atoms with van der Waals surface area (Å²) in [4.78, 5) is 33.5. The van der Waals surface area contributed by atoms with Gasteiger partial charge in [0.25, 0.3) is 0 Å². The Morgan fingerprint density at radius 1 is 1.60 bits per heavy atom. The Bertz CT molecular complexity index is 293. The molecule has 15 heavy (non-hydrogen) atoms. The van der Waals surface area contributed by atoms with E-state index in [0.717, 1.165) is 4.90 Å². The summed E-state index contributed by atoms with van der Waals surface area (Å²) in [7, 11) is 1.19. The van der Waals surface area contributed by atoms with Gasteiger partial charge in [-0.1, -0.05) is 0 Å². The summed E-state index contributed by atoms with van der Waals surface area (Å²) in [6.45, 7) is 0.124. The Balaban J connectivity index is 2.81. The maximum Gasteiger partial charge on any atom is 0.407 e. The van der Waals surface area contributed by atoms with Crippen molar-refractivity contribution in [2.45, 2.75) is 12.0 Å². The third-order valence-electron chi connectivity index (χ3n) is 2.45. The van der Waals surface area contributed by atoms with Gasteiger partial charge in [-0.25, -0.2) is 9.59 Å². The molecular formula is C8H12N2O5. The molecular weight excluding hydrogens is 204 g/mol. The molecule has 1 aliphatic rings. The van der Waals surface area contributed by atoms with Crippen molar-refractivity contribution in [3.05, 3.63) is 0 Å². The number of rotatable bonds is 3. The topological polar surface area (TPSA) is 95.9 Å². The Labute approximate surface area is 86.0 Å². The van der Waals surface area contributed by atoms with Crippen LogP contribution in [-0.2, 0) is 14.3 Å². The van der Waals surface area contributed by atoms with E-state index in [1.165, 1.54) is 7.11 Å². The van der Waals surface area contributed by atoms with Crippen molar-refractivity contribution in [3.8, 4) is 0 Å². The fourth-order valence-corrected chi connectivity index (χ4v) is 1.62. The molecule has 2 amide bonds. The average molecular weight is 216 g/mol. The predicted octanol–water partition coefficient (Wildman–Crippen LogP) is -0.972. The zero-order chi connectivity index (χ0) is 11.5. The molecule has 0 aromatic rings. The van der Waals surface area contributed by atoms with Gasteiger partial charge in [-0.2, -0.15) is 0 Å². The molecule has 0 aromatic carbocycles. The van der Waals surface area contributed by atoms with Crippen molar-refractivity contribution in [1.29, 1.82) is 0 Å². The molecule has 1 atom stereocenters. The third-order valence-corrected chi connectivity index (χ3v) is 2.45. The minimum atomic E-state index is -1.23. The number of nitrogens with zero attached hydrogens (tertiary/aromatic N) is 1. The molecule has 0 aliphatic carbocycles. The van der Waals surface area contributed by atoms with Crippen molar-refractivity contribution in [3.63, 3.8) is 0 Å². The number of carbonyl (C=O) groups is 3. The molecule has 0 radical (unpaired) electrons. The van der Waals surface area contributed by atoms with Crippen LogP contribution in [0.15, 0.2) is 0 Å². The smallest absolute Gasteiger partial charge is 0.407 e. The lowest BCUT2D eigenvalue weighted by Gasteiger charge is -2.24. The maximum absolute atomic E-state index is 11.4. The monoisotopic (exact) mass is 216 g/mol. The summed E-state index contributed by atoms with van der Waals surface area (Å²) in [5.74, 6) is -0.627. The minimum absolute atomic E-state index is 0.0756. The van der Waals surface area contributed by atoms with Gasteiger partial charge in [-0.3, -0.25) is 4.79 Å².